The zero-order chi connectivity index (χ0) is 83.7. The van der Waals surface area contributed by atoms with Gasteiger partial charge < -0.3 is 46.3 Å². The number of carboxylic acid groups (broad SMARTS) is 1. The van der Waals surface area contributed by atoms with Crippen LogP contribution in [0.4, 0.5) is 28.9 Å². The van der Waals surface area contributed by atoms with Gasteiger partial charge in [-0.15, -0.1) is 0 Å². The highest BCUT2D eigenvalue weighted by Crippen LogP contribution is 2.33. The molecule has 0 unspecified atom stereocenters. The number of hydrogen-bond acceptors (Lipinski definition) is 21. The van der Waals surface area contributed by atoms with Crippen molar-refractivity contribution in [2.75, 3.05) is 25.3 Å². The summed E-state index contributed by atoms with van der Waals surface area (Å²) in [6.07, 6.45) is 8.21. The van der Waals surface area contributed by atoms with E-state index in [2.05, 4.69) is 79.0 Å². The molecule has 0 radical (unpaired) electrons. The van der Waals surface area contributed by atoms with Crippen molar-refractivity contribution in [3.63, 3.8) is 0 Å². The Kier molecular flexibility index (Phi) is 26.0. The van der Waals surface area contributed by atoms with E-state index in [0.29, 0.717) is 112 Å². The quantitative estimate of drug-likeness (QED) is 0.0259. The van der Waals surface area contributed by atoms with Crippen molar-refractivity contribution in [1.82, 2.24) is 88.5 Å². The van der Waals surface area contributed by atoms with Crippen LogP contribution in [0.1, 0.15) is 103 Å². The predicted molar refractivity (Wildman–Crippen MR) is 447 cm³/mol. The number of nitrogens with two attached hydrogens (primary N) is 2. The molecule has 17 aromatic rings. The van der Waals surface area contributed by atoms with E-state index in [1.807, 2.05) is 177 Å². The number of nitrogens with zero attached hydrogens (tertiary/aromatic N) is 15. The zero-order valence-electron chi connectivity index (χ0n) is 65.1. The number of fused-ring (bicyclic) bond motifs is 6. The van der Waals surface area contributed by atoms with Crippen molar-refractivity contribution in [3.05, 3.63) is 315 Å². The van der Waals surface area contributed by atoms with Crippen molar-refractivity contribution in [2.24, 2.45) is 5.73 Å². The molecule has 28 nitrogen and oxygen atoms in total. The highest BCUT2D eigenvalue weighted by molar-refractivity contribution is 5.92. The number of hydrogen-bond donors (Lipinski definition) is 7. The molecular weight excluding hydrogens is 1530 g/mol. The van der Waals surface area contributed by atoms with Crippen LogP contribution in [0.15, 0.2) is 246 Å². The molecule has 119 heavy (non-hydrogen) atoms. The summed E-state index contributed by atoms with van der Waals surface area (Å²) in [5, 5.41) is 11.6. The van der Waals surface area contributed by atoms with Gasteiger partial charge in [0.2, 0.25) is 0 Å². The highest BCUT2D eigenvalue weighted by Gasteiger charge is 2.38. The number of carboxylic acids is 1. The Morgan fingerprint density at radius 2 is 0.815 bits per heavy atom. The Hall–Kier alpha value is -14.8. The van der Waals surface area contributed by atoms with E-state index < -0.39 is 23.5 Å². The molecule has 0 aliphatic heterocycles. The number of imidazole rings is 3. The zero-order valence-corrected chi connectivity index (χ0v) is 65.1. The van der Waals surface area contributed by atoms with Gasteiger partial charge >= 0.3 is 12.1 Å². The third-order valence-corrected chi connectivity index (χ3v) is 19.9. The first-order valence-corrected chi connectivity index (χ1v) is 37.9. The van der Waals surface area contributed by atoms with Crippen LogP contribution < -0.4 is 42.9 Å². The first-order chi connectivity index (χ1) is 57.8. The molecule has 17 rings (SSSR count). The van der Waals surface area contributed by atoms with Gasteiger partial charge in [-0.25, -0.2) is 69.0 Å². The van der Waals surface area contributed by atoms with Crippen LogP contribution in [0.25, 0.3) is 83.3 Å². The third-order valence-electron chi connectivity index (χ3n) is 19.9. The number of aromatic nitrogens is 18. The molecule has 3 atom stereocenters. The molecule has 8 aromatic carbocycles. The van der Waals surface area contributed by atoms with E-state index in [1.165, 1.54) is 29.6 Å². The number of halogens is 4. The molecule has 0 aliphatic carbocycles. The number of para-hydroxylation sites is 3. The Balaban J connectivity index is 0.000000141. The van der Waals surface area contributed by atoms with Gasteiger partial charge in [-0.1, -0.05) is 118 Å². The van der Waals surface area contributed by atoms with Crippen molar-refractivity contribution < 1.29 is 36.9 Å². The second kappa shape index (κ2) is 37.6. The summed E-state index contributed by atoms with van der Waals surface area (Å²) < 4.78 is 61.5. The van der Waals surface area contributed by atoms with Crippen LogP contribution in [0.3, 0.4) is 0 Å². The predicted octanol–water partition coefficient (Wildman–Crippen LogP) is 14.5. The number of benzene rings is 8. The Labute approximate surface area is 676 Å². The van der Waals surface area contributed by atoms with E-state index in [-0.39, 0.29) is 34.3 Å². The van der Waals surface area contributed by atoms with Crippen LogP contribution in [-0.2, 0) is 37.1 Å². The summed E-state index contributed by atoms with van der Waals surface area (Å²) in [6.45, 7) is 7.37. The lowest BCUT2D eigenvalue weighted by Crippen LogP contribution is -2.27. The number of aromatic amines is 3. The summed E-state index contributed by atoms with van der Waals surface area (Å²) >= 11 is 0. The number of methoxy groups -OCH3 is 2. The van der Waals surface area contributed by atoms with Crippen LogP contribution in [0.2, 0.25) is 0 Å². The lowest BCUT2D eigenvalue weighted by atomic mass is 9.97. The van der Waals surface area contributed by atoms with Gasteiger partial charge in [0.25, 0.3) is 16.7 Å². The maximum Gasteiger partial charge on any atom is 0.490 e. The van der Waals surface area contributed by atoms with Crippen LogP contribution >= 0.6 is 0 Å². The second-order valence-corrected chi connectivity index (χ2v) is 27.2. The van der Waals surface area contributed by atoms with Gasteiger partial charge in [0.15, 0.2) is 16.9 Å². The smallest absolute Gasteiger partial charge is 0.490 e. The van der Waals surface area contributed by atoms with E-state index in [0.717, 1.165) is 86.2 Å². The minimum atomic E-state index is -5.08. The maximum atomic E-state index is 14.6. The number of nitrogen functional groups attached to an aromatic ring is 1. The molecule has 32 heteroatoms. The van der Waals surface area contributed by atoms with Crippen molar-refractivity contribution in [3.8, 4) is 28.6 Å². The summed E-state index contributed by atoms with van der Waals surface area (Å²) in [7, 11) is 3.30. The van der Waals surface area contributed by atoms with Crippen molar-refractivity contribution in [2.45, 2.75) is 96.3 Å². The molecule has 604 valence electrons. The van der Waals surface area contributed by atoms with Crippen molar-refractivity contribution in [1.29, 1.82) is 0 Å². The fourth-order valence-corrected chi connectivity index (χ4v) is 13.7. The fraction of sp³-hybridized carbons (Fsp3) is 0.195. The normalized spacial score (nSPS) is 12.0. The molecule has 0 spiro atoms. The summed E-state index contributed by atoms with van der Waals surface area (Å²) in [6, 6.07) is 59.7. The molecule has 0 bridgehead atoms. The van der Waals surface area contributed by atoms with Gasteiger partial charge in [0.05, 0.1) is 94.7 Å². The molecule has 9 heterocycles. The van der Waals surface area contributed by atoms with E-state index in [9.17, 15) is 31.9 Å². The number of carbonyl (C=O) groups is 1. The van der Waals surface area contributed by atoms with Crippen LogP contribution in [0.5, 0.6) is 11.5 Å². The standard InChI is InChI=1S/C31H29N7O2.C23H19FN6O.C23H21N7O.C8H11NO.C2HF3O2/c1-3-21(16-26-28-29(35-18-33-26)36-19-34-28)30-37-25-11-7-10-24(32-17-20-12-14-23(40-2)15-13-20)27(25)31(39)38(30)22-8-5-4-6-9-22;2*1-2-14(11-18-20-21(27-12-25-18)28-13-26-20)22-29-17-10-6-9-16(24)19(17)23(31)30(22)15-7-4-3-5-8-15;1-10-8-4-2-7(6-9)3-5-8;3-2(4,5)1(6)7/h4-15,18-19,21,32H,3,16-17H2,1-2H3,(H,33,34,35,36);3-10,12-14H,2,11H2,1H3,(H,25,26,27,28);3-10,12-14H,2,11,24H2,1H3,(H,25,26,27,28);2-5H,6,9H2,1H3;(H,6,7)/t21-;2*14-;;/m111../s1. The monoisotopic (exact) mass is 1610 g/mol. The van der Waals surface area contributed by atoms with Gasteiger partial charge in [-0.05, 0) is 127 Å². The lowest BCUT2D eigenvalue weighted by molar-refractivity contribution is -0.192. The minimum absolute atomic E-state index is 0.0112. The average molecular weight is 1610 g/mol. The SMILES string of the molecule is CC[C@H](Cc1ncnc2nc[nH]c12)c1nc2cccc(F)c2c(=O)n1-c1ccccc1.CC[C@H](Cc1ncnc2nc[nH]c12)c1nc2cccc(N)c2c(=O)n1-c1ccccc1.CC[C@H](Cc1ncnc2nc[nH]c12)c1nc2cccc(NCc3ccc(OC)cc3)c2c(=O)n1-c1ccccc1.COc1ccc(CN)cc1.O=C(O)C(F)(F)F. The van der Waals surface area contributed by atoms with Gasteiger partial charge in [-0.2, -0.15) is 13.2 Å². The summed E-state index contributed by atoms with van der Waals surface area (Å²) in [4.78, 5) is 113. The van der Waals surface area contributed by atoms with Gasteiger partial charge in [0, 0.05) is 61.5 Å². The topological polar surface area (TPSA) is 388 Å². The molecule has 0 fully saturated rings. The molecule has 0 aliphatic rings. The summed E-state index contributed by atoms with van der Waals surface area (Å²) in [5.74, 6) is 0.0312. The summed E-state index contributed by atoms with van der Waals surface area (Å²) in [5.41, 5.74) is 24.7. The third kappa shape index (κ3) is 18.6. The average Bonchev–Trinajstić information content (AvgIpc) is 1.33. The first kappa shape index (κ1) is 82.2. The van der Waals surface area contributed by atoms with E-state index in [4.69, 9.17) is 45.8 Å². The van der Waals surface area contributed by atoms with Gasteiger partial charge in [-0.3, -0.25) is 28.1 Å². The number of aliphatic carboxylic acids is 1. The van der Waals surface area contributed by atoms with Crippen LogP contribution in [0, 0.1) is 5.82 Å². The number of alkyl halides is 3. The molecule has 9 aromatic heterocycles. The molecular formula is C87H81F4N21O7. The largest absolute Gasteiger partial charge is 0.497 e. The molecule has 0 saturated heterocycles. The number of rotatable bonds is 21. The number of nitrogens with one attached hydrogen (secondary N) is 4. The van der Waals surface area contributed by atoms with Crippen molar-refractivity contribution >= 4 is 83.5 Å². The number of H-pyrrole nitrogens is 3. The van der Waals surface area contributed by atoms with Gasteiger partial charge in [0.1, 0.15) is 75.7 Å². The van der Waals surface area contributed by atoms with E-state index in [1.54, 1.807) is 60.5 Å². The number of ether oxygens (including phenoxy) is 2. The second-order valence-electron chi connectivity index (χ2n) is 27.2. The van der Waals surface area contributed by atoms with E-state index >= 15 is 0 Å². The highest BCUT2D eigenvalue weighted by atomic mass is 19.4. The molecule has 0 amide bonds. The Morgan fingerprint density at radius 1 is 0.462 bits per heavy atom. The Bertz CT molecular complexity index is 6310. The first-order valence-electron chi connectivity index (χ1n) is 37.9. The molecule has 0 saturated carbocycles. The fourth-order valence-electron chi connectivity index (χ4n) is 13.7. The minimum Gasteiger partial charge on any atom is -0.497 e. The Morgan fingerprint density at radius 3 is 1.19 bits per heavy atom. The lowest BCUT2D eigenvalue weighted by Gasteiger charge is -2.21. The number of anilines is 2. The maximum absolute atomic E-state index is 14.6. The molecule has 9 N–H and O–H groups in total. The van der Waals surface area contributed by atoms with Crippen LogP contribution in [-0.4, -0.2) is 120 Å².